The monoisotopic (exact) mass is 205 g/mol. The second kappa shape index (κ2) is 4.29. The van der Waals surface area contributed by atoms with Crippen molar-refractivity contribution in [3.63, 3.8) is 0 Å². The lowest BCUT2D eigenvalue weighted by atomic mass is 10.2. The van der Waals surface area contributed by atoms with Crippen molar-refractivity contribution in [2.75, 3.05) is 7.11 Å². The van der Waals surface area contributed by atoms with E-state index in [1.807, 2.05) is 18.3 Å². The SMILES string of the molecule is CCCCc1nc2ccc(OC)cn2n1. The van der Waals surface area contributed by atoms with Crippen LogP contribution in [0.5, 0.6) is 5.75 Å². The molecule has 0 aliphatic carbocycles. The average Bonchev–Trinajstić information content (AvgIpc) is 2.67. The zero-order valence-corrected chi connectivity index (χ0v) is 9.10. The number of aromatic nitrogens is 3. The normalized spacial score (nSPS) is 10.8. The topological polar surface area (TPSA) is 39.4 Å². The predicted molar refractivity (Wildman–Crippen MR) is 58.2 cm³/mol. The van der Waals surface area contributed by atoms with Gasteiger partial charge in [-0.25, -0.2) is 9.50 Å². The fraction of sp³-hybridized carbons (Fsp3) is 0.455. The zero-order valence-electron chi connectivity index (χ0n) is 9.10. The number of ether oxygens (including phenoxy) is 1. The first kappa shape index (κ1) is 9.96. The highest BCUT2D eigenvalue weighted by Gasteiger charge is 2.03. The van der Waals surface area contributed by atoms with E-state index < -0.39 is 0 Å². The van der Waals surface area contributed by atoms with Gasteiger partial charge in [-0.1, -0.05) is 13.3 Å². The maximum atomic E-state index is 5.12. The van der Waals surface area contributed by atoms with E-state index in [-0.39, 0.29) is 0 Å². The molecule has 2 aromatic heterocycles. The van der Waals surface area contributed by atoms with Gasteiger partial charge in [0.25, 0.3) is 0 Å². The lowest BCUT2D eigenvalue weighted by Gasteiger charge is -1.97. The number of fused-ring (bicyclic) bond motifs is 1. The van der Waals surface area contributed by atoms with Gasteiger partial charge in [0.05, 0.1) is 13.3 Å². The highest BCUT2D eigenvalue weighted by Crippen LogP contribution is 2.11. The number of methoxy groups -OCH3 is 1. The lowest BCUT2D eigenvalue weighted by Crippen LogP contribution is -1.91. The number of pyridine rings is 1. The van der Waals surface area contributed by atoms with Crippen molar-refractivity contribution >= 4 is 5.65 Å². The second-order valence-corrected chi connectivity index (χ2v) is 3.50. The molecule has 80 valence electrons. The van der Waals surface area contributed by atoms with Crippen LogP contribution < -0.4 is 4.74 Å². The highest BCUT2D eigenvalue weighted by molar-refractivity contribution is 5.40. The molecule has 0 bridgehead atoms. The van der Waals surface area contributed by atoms with Crippen LogP contribution in [0.4, 0.5) is 0 Å². The fourth-order valence-electron chi connectivity index (χ4n) is 1.47. The van der Waals surface area contributed by atoms with E-state index in [1.165, 1.54) is 6.42 Å². The van der Waals surface area contributed by atoms with Crippen LogP contribution in [0.2, 0.25) is 0 Å². The quantitative estimate of drug-likeness (QED) is 0.767. The molecule has 4 heteroatoms. The third kappa shape index (κ3) is 2.09. The maximum Gasteiger partial charge on any atom is 0.155 e. The Kier molecular flexibility index (Phi) is 2.85. The molecule has 0 N–H and O–H groups in total. The largest absolute Gasteiger partial charge is 0.495 e. The van der Waals surface area contributed by atoms with E-state index in [0.717, 1.165) is 30.1 Å². The molecule has 2 aromatic rings. The molecule has 0 unspecified atom stereocenters. The standard InChI is InChI=1S/C11H15N3O/c1-3-4-5-10-12-11-7-6-9(15-2)8-14(11)13-10/h6-8H,3-5H2,1-2H3. The van der Waals surface area contributed by atoms with Crippen LogP contribution >= 0.6 is 0 Å². The van der Waals surface area contributed by atoms with Gasteiger partial charge >= 0.3 is 0 Å². The average molecular weight is 205 g/mol. The van der Waals surface area contributed by atoms with Gasteiger partial charge in [-0.3, -0.25) is 0 Å². The second-order valence-electron chi connectivity index (χ2n) is 3.50. The van der Waals surface area contributed by atoms with Gasteiger partial charge in [-0.15, -0.1) is 0 Å². The van der Waals surface area contributed by atoms with Gasteiger partial charge in [-0.05, 0) is 18.6 Å². The Morgan fingerprint density at radius 2 is 2.27 bits per heavy atom. The molecule has 0 saturated carbocycles. The molecule has 2 rings (SSSR count). The summed E-state index contributed by atoms with van der Waals surface area (Å²) >= 11 is 0. The van der Waals surface area contributed by atoms with Gasteiger partial charge in [-0.2, -0.15) is 5.10 Å². The van der Waals surface area contributed by atoms with Crippen molar-refractivity contribution in [3.8, 4) is 5.75 Å². The summed E-state index contributed by atoms with van der Waals surface area (Å²) in [6, 6.07) is 3.81. The van der Waals surface area contributed by atoms with Crippen LogP contribution in [0.3, 0.4) is 0 Å². The van der Waals surface area contributed by atoms with Crippen LogP contribution in [0, 0.1) is 0 Å². The summed E-state index contributed by atoms with van der Waals surface area (Å²) in [5.74, 6) is 1.71. The minimum Gasteiger partial charge on any atom is -0.495 e. The van der Waals surface area contributed by atoms with E-state index >= 15 is 0 Å². The molecule has 2 heterocycles. The molecule has 0 atom stereocenters. The van der Waals surface area contributed by atoms with E-state index in [0.29, 0.717) is 0 Å². The van der Waals surface area contributed by atoms with E-state index in [9.17, 15) is 0 Å². The smallest absolute Gasteiger partial charge is 0.155 e. The first-order valence-electron chi connectivity index (χ1n) is 5.23. The summed E-state index contributed by atoms with van der Waals surface area (Å²) in [6.07, 6.45) is 5.09. The molecule has 0 aromatic carbocycles. The molecule has 0 saturated heterocycles. The van der Waals surface area contributed by atoms with E-state index in [1.54, 1.807) is 11.6 Å². The minimum atomic E-state index is 0.800. The molecule has 0 fully saturated rings. The first-order chi connectivity index (χ1) is 7.33. The van der Waals surface area contributed by atoms with Crippen molar-refractivity contribution in [3.05, 3.63) is 24.2 Å². The van der Waals surface area contributed by atoms with Crippen LogP contribution in [0.1, 0.15) is 25.6 Å². The zero-order chi connectivity index (χ0) is 10.7. The Morgan fingerprint density at radius 1 is 1.40 bits per heavy atom. The summed E-state index contributed by atoms with van der Waals surface area (Å²) < 4.78 is 6.89. The third-order valence-electron chi connectivity index (χ3n) is 2.34. The molecule has 4 nitrogen and oxygen atoms in total. The van der Waals surface area contributed by atoms with Gasteiger partial charge < -0.3 is 4.74 Å². The van der Waals surface area contributed by atoms with Crippen LogP contribution in [-0.2, 0) is 6.42 Å². The first-order valence-corrected chi connectivity index (χ1v) is 5.23. The van der Waals surface area contributed by atoms with Crippen molar-refractivity contribution < 1.29 is 4.74 Å². The Balaban J connectivity index is 2.29. The van der Waals surface area contributed by atoms with Crippen molar-refractivity contribution in [2.45, 2.75) is 26.2 Å². The Labute approximate surface area is 88.9 Å². The summed E-state index contributed by atoms with van der Waals surface area (Å²) in [6.45, 7) is 2.17. The number of hydrogen-bond donors (Lipinski definition) is 0. The Morgan fingerprint density at radius 3 is 3.00 bits per heavy atom. The summed E-state index contributed by atoms with van der Waals surface area (Å²) in [5, 5.41) is 4.38. The predicted octanol–water partition coefficient (Wildman–Crippen LogP) is 2.08. The van der Waals surface area contributed by atoms with Gasteiger partial charge in [0.1, 0.15) is 5.75 Å². The molecule has 0 radical (unpaired) electrons. The van der Waals surface area contributed by atoms with Crippen molar-refractivity contribution in [1.29, 1.82) is 0 Å². The molecule has 0 aliphatic heterocycles. The molecular weight excluding hydrogens is 190 g/mol. The molecule has 0 spiro atoms. The lowest BCUT2D eigenvalue weighted by molar-refractivity contribution is 0.411. The Hall–Kier alpha value is -1.58. The molecule has 15 heavy (non-hydrogen) atoms. The number of unbranched alkanes of at least 4 members (excludes halogenated alkanes) is 1. The molecular formula is C11H15N3O. The summed E-state index contributed by atoms with van der Waals surface area (Å²) in [5.41, 5.74) is 0.877. The third-order valence-corrected chi connectivity index (χ3v) is 2.34. The number of aryl methyl sites for hydroxylation is 1. The molecule has 0 amide bonds. The number of nitrogens with zero attached hydrogens (tertiary/aromatic N) is 3. The van der Waals surface area contributed by atoms with Gasteiger partial charge in [0, 0.05) is 6.42 Å². The van der Waals surface area contributed by atoms with Crippen LogP contribution in [0.25, 0.3) is 5.65 Å². The maximum absolute atomic E-state index is 5.12. The Bertz CT molecular complexity index is 450. The van der Waals surface area contributed by atoms with Crippen molar-refractivity contribution in [1.82, 2.24) is 14.6 Å². The van der Waals surface area contributed by atoms with E-state index in [4.69, 9.17) is 4.74 Å². The fourth-order valence-corrected chi connectivity index (χ4v) is 1.47. The summed E-state index contributed by atoms with van der Waals surface area (Å²) in [7, 11) is 1.65. The van der Waals surface area contributed by atoms with Crippen molar-refractivity contribution in [2.24, 2.45) is 0 Å². The molecule has 0 aliphatic rings. The highest BCUT2D eigenvalue weighted by atomic mass is 16.5. The van der Waals surface area contributed by atoms with E-state index in [2.05, 4.69) is 17.0 Å². The van der Waals surface area contributed by atoms with Gasteiger partial charge in [0.2, 0.25) is 0 Å². The van der Waals surface area contributed by atoms with Crippen LogP contribution in [0.15, 0.2) is 18.3 Å². The summed E-state index contributed by atoms with van der Waals surface area (Å²) in [4.78, 5) is 4.42. The van der Waals surface area contributed by atoms with Crippen LogP contribution in [-0.4, -0.2) is 21.7 Å². The number of rotatable bonds is 4. The minimum absolute atomic E-state index is 0.800. The number of hydrogen-bond acceptors (Lipinski definition) is 3. The van der Waals surface area contributed by atoms with Gasteiger partial charge in [0.15, 0.2) is 11.5 Å².